The first kappa shape index (κ1) is 75.2. The Morgan fingerprint density at radius 1 is 0.462 bits per heavy atom. The molecule has 10 heteroatoms. The van der Waals surface area contributed by atoms with Crippen molar-refractivity contribution in [1.82, 2.24) is 5.32 Å². The van der Waals surface area contributed by atoms with Crippen molar-refractivity contribution in [3.05, 3.63) is 85.1 Å². The largest absolute Gasteiger partial charge is 0.756 e. The average molecular weight is 1110 g/mol. The van der Waals surface area contributed by atoms with E-state index in [1.165, 1.54) is 135 Å². The Kier molecular flexibility index (Phi) is 55.4. The van der Waals surface area contributed by atoms with Crippen LogP contribution in [0.4, 0.5) is 0 Å². The third-order valence-corrected chi connectivity index (χ3v) is 15.0. The van der Waals surface area contributed by atoms with E-state index in [1.54, 1.807) is 0 Å². The maximum Gasteiger partial charge on any atom is 0.306 e. The van der Waals surface area contributed by atoms with E-state index >= 15 is 0 Å². The fourth-order valence-corrected chi connectivity index (χ4v) is 9.80. The maximum atomic E-state index is 13.5. The highest BCUT2D eigenvalue weighted by Gasteiger charge is 2.27. The van der Waals surface area contributed by atoms with Crippen LogP contribution in [0.25, 0.3) is 0 Å². The predicted molar refractivity (Wildman–Crippen MR) is 335 cm³/mol. The molecule has 0 aromatic rings. The summed E-state index contributed by atoms with van der Waals surface area (Å²) in [4.78, 5) is 40.0. The van der Waals surface area contributed by atoms with Gasteiger partial charge in [0.25, 0.3) is 7.82 Å². The molecule has 0 aromatic heterocycles. The van der Waals surface area contributed by atoms with Crippen LogP contribution in [-0.2, 0) is 27.9 Å². The normalized spacial score (nSPS) is 14.2. The second kappa shape index (κ2) is 57.4. The van der Waals surface area contributed by atoms with Crippen molar-refractivity contribution in [1.29, 1.82) is 0 Å². The molecular weight excluding hydrogens is 988 g/mol. The van der Waals surface area contributed by atoms with Crippen LogP contribution in [0.2, 0.25) is 0 Å². The van der Waals surface area contributed by atoms with E-state index in [1.807, 2.05) is 33.3 Å². The molecule has 78 heavy (non-hydrogen) atoms. The number of phosphoric ester groups is 1. The molecule has 3 unspecified atom stereocenters. The van der Waals surface area contributed by atoms with Gasteiger partial charge in [-0.2, -0.15) is 0 Å². The molecule has 0 aromatic carbocycles. The van der Waals surface area contributed by atoms with Crippen LogP contribution in [0.1, 0.15) is 284 Å². The van der Waals surface area contributed by atoms with Crippen LogP contribution < -0.4 is 10.2 Å². The van der Waals surface area contributed by atoms with E-state index in [0.29, 0.717) is 23.9 Å². The van der Waals surface area contributed by atoms with Crippen molar-refractivity contribution in [2.24, 2.45) is 0 Å². The summed E-state index contributed by atoms with van der Waals surface area (Å²) < 4.78 is 30.3. The van der Waals surface area contributed by atoms with E-state index in [2.05, 4.69) is 99.0 Å². The Morgan fingerprint density at radius 3 is 1.24 bits per heavy atom. The highest BCUT2D eigenvalue weighted by Crippen LogP contribution is 2.38. The number of esters is 1. The van der Waals surface area contributed by atoms with Crippen LogP contribution in [-0.4, -0.2) is 69.4 Å². The van der Waals surface area contributed by atoms with E-state index in [4.69, 9.17) is 13.8 Å². The van der Waals surface area contributed by atoms with Gasteiger partial charge >= 0.3 is 5.97 Å². The molecule has 1 amide bonds. The van der Waals surface area contributed by atoms with E-state index < -0.39 is 26.6 Å². The minimum absolute atomic E-state index is 0.0278. The van der Waals surface area contributed by atoms with Crippen molar-refractivity contribution in [3.8, 4) is 0 Å². The lowest BCUT2D eigenvalue weighted by atomic mass is 10.0. The number of hydrogen-bond acceptors (Lipinski definition) is 7. The zero-order valence-electron chi connectivity index (χ0n) is 51.6. The number of nitrogens with one attached hydrogen (secondary N) is 1. The molecule has 0 aliphatic rings. The van der Waals surface area contributed by atoms with Gasteiger partial charge in [0.2, 0.25) is 5.91 Å². The zero-order chi connectivity index (χ0) is 57.2. The third-order valence-electron chi connectivity index (χ3n) is 14.1. The number of phosphoric acid groups is 1. The lowest BCUT2D eigenvalue weighted by Crippen LogP contribution is -2.47. The number of amides is 1. The molecule has 0 spiro atoms. The van der Waals surface area contributed by atoms with Crippen LogP contribution in [0.3, 0.4) is 0 Å². The number of quaternary nitrogens is 1. The van der Waals surface area contributed by atoms with Gasteiger partial charge in [-0.15, -0.1) is 0 Å². The van der Waals surface area contributed by atoms with Crippen LogP contribution in [0, 0.1) is 0 Å². The molecule has 0 heterocycles. The number of ether oxygens (including phenoxy) is 1. The van der Waals surface area contributed by atoms with Gasteiger partial charge in [-0.1, -0.05) is 254 Å². The Balaban J connectivity index is 5.22. The number of allylic oxidation sites excluding steroid dienone is 13. The minimum atomic E-state index is -4.71. The average Bonchev–Trinajstić information content (AvgIpc) is 3.40. The van der Waals surface area contributed by atoms with Crippen molar-refractivity contribution in [3.63, 3.8) is 0 Å². The van der Waals surface area contributed by atoms with Gasteiger partial charge in [0.1, 0.15) is 19.3 Å². The fourth-order valence-electron chi connectivity index (χ4n) is 9.07. The van der Waals surface area contributed by atoms with Gasteiger partial charge in [0, 0.05) is 12.8 Å². The highest BCUT2D eigenvalue weighted by molar-refractivity contribution is 7.45. The second-order valence-corrected chi connectivity index (χ2v) is 24.3. The van der Waals surface area contributed by atoms with E-state index in [0.717, 1.165) is 109 Å². The minimum Gasteiger partial charge on any atom is -0.756 e. The molecule has 9 nitrogen and oxygen atoms in total. The second-order valence-electron chi connectivity index (χ2n) is 22.9. The van der Waals surface area contributed by atoms with Gasteiger partial charge in [-0.25, -0.2) is 0 Å². The van der Waals surface area contributed by atoms with Crippen LogP contribution in [0.5, 0.6) is 0 Å². The Morgan fingerprint density at radius 2 is 0.821 bits per heavy atom. The van der Waals surface area contributed by atoms with Gasteiger partial charge in [-0.05, 0) is 102 Å². The van der Waals surface area contributed by atoms with Gasteiger partial charge in [0.05, 0.1) is 33.8 Å². The van der Waals surface area contributed by atoms with Crippen molar-refractivity contribution >= 4 is 19.7 Å². The van der Waals surface area contributed by atoms with Gasteiger partial charge < -0.3 is 28.5 Å². The SMILES string of the molecule is CC/C=C\C/C=C\C/C=C\C/C=C\C/C=C\CCCCCCCCCC(=O)OC(/C=C\CCCCCCCCCCCC)C(COP(=O)([O-])OCC[N+](C)(C)C)NC(=O)CCCCCCCCC/C=C/CCCCCCCC. The topological polar surface area (TPSA) is 114 Å². The lowest BCUT2D eigenvalue weighted by Gasteiger charge is -2.30. The molecule has 0 radical (unpaired) electrons. The fraction of sp³-hybridized carbons (Fsp3) is 0.765. The number of rotatable bonds is 58. The first-order chi connectivity index (χ1) is 37.9. The maximum absolute atomic E-state index is 13.5. The molecule has 0 rings (SSSR count). The summed E-state index contributed by atoms with van der Waals surface area (Å²) >= 11 is 0. The molecule has 0 saturated carbocycles. The molecule has 0 saturated heterocycles. The van der Waals surface area contributed by atoms with Crippen LogP contribution in [0.15, 0.2) is 85.1 Å². The van der Waals surface area contributed by atoms with Crippen molar-refractivity contribution < 1.29 is 37.3 Å². The monoisotopic (exact) mass is 1110 g/mol. The summed E-state index contributed by atoms with van der Waals surface area (Å²) in [5, 5.41) is 3.03. The molecule has 1 N–H and O–H groups in total. The molecule has 0 aliphatic heterocycles. The quantitative estimate of drug-likeness (QED) is 0.0212. The molecule has 452 valence electrons. The van der Waals surface area contributed by atoms with Crippen LogP contribution >= 0.6 is 7.82 Å². The zero-order valence-corrected chi connectivity index (χ0v) is 52.5. The van der Waals surface area contributed by atoms with Crippen molar-refractivity contribution in [2.45, 2.75) is 296 Å². The number of unbranched alkanes of at least 4 members (excludes halogenated alkanes) is 30. The van der Waals surface area contributed by atoms with E-state index in [-0.39, 0.29) is 24.9 Å². The summed E-state index contributed by atoms with van der Waals surface area (Å²) in [7, 11) is 1.17. The number of likely N-dealkylation sites (N-methyl/N-ethyl adjacent to an activating group) is 1. The Bertz CT molecular complexity index is 1610. The molecule has 0 aliphatic carbocycles. The first-order valence-corrected chi connectivity index (χ1v) is 33.9. The van der Waals surface area contributed by atoms with E-state index in [9.17, 15) is 19.0 Å². The van der Waals surface area contributed by atoms with Crippen molar-refractivity contribution in [2.75, 3.05) is 40.9 Å². The number of nitrogens with zero attached hydrogens (tertiary/aromatic N) is 1. The number of carbonyl (C=O) groups is 2. The highest BCUT2D eigenvalue weighted by atomic mass is 31.2. The standard InChI is InChI=1S/C68H123N2O7P/c1-7-10-13-16-19-22-25-28-30-32-33-34-35-36-37-39-41-43-46-49-52-55-58-61-68(72)77-66(59-56-53-50-47-44-27-24-21-18-15-12-9-3)65(64-76-78(73,74)75-63-62-70(4,5)6)69-67(71)60-57-54-51-48-45-42-40-38-31-29-26-23-20-17-14-11-8-2/h10,13,19,22,28-31,33-34,36-37,56,59,65-66H,7-9,11-12,14-18,20-21,23-27,32,35,38-55,57-58,60-64H2,1-6H3,(H-,69,71,73,74)/b13-10-,22-19-,30-28-,31-29+,34-33-,37-36-,59-56-. The molecule has 3 atom stereocenters. The summed E-state index contributed by atoms with van der Waals surface area (Å²) in [5.41, 5.74) is 0. The predicted octanol–water partition coefficient (Wildman–Crippen LogP) is 19.5. The Labute approximate surface area is 482 Å². The summed E-state index contributed by atoms with van der Waals surface area (Å²) in [6.07, 6.45) is 75.4. The summed E-state index contributed by atoms with van der Waals surface area (Å²) in [5.74, 6) is -0.557. The third kappa shape index (κ3) is 57.9. The summed E-state index contributed by atoms with van der Waals surface area (Å²) in [6.45, 7) is 6.72. The number of hydrogen-bond donors (Lipinski definition) is 1. The molecule has 0 bridgehead atoms. The smallest absolute Gasteiger partial charge is 0.306 e. The molecular formula is C68H123N2O7P. The lowest BCUT2D eigenvalue weighted by molar-refractivity contribution is -0.870. The number of carbonyl (C=O) groups excluding carboxylic acids is 2. The summed E-state index contributed by atoms with van der Waals surface area (Å²) in [6, 6.07) is -0.899. The molecule has 0 fully saturated rings. The van der Waals surface area contributed by atoms with Gasteiger partial charge in [0.15, 0.2) is 0 Å². The Hall–Kier alpha value is -2.81. The van der Waals surface area contributed by atoms with Gasteiger partial charge in [-0.3, -0.25) is 14.2 Å². The first-order valence-electron chi connectivity index (χ1n) is 32.4.